The van der Waals surface area contributed by atoms with Gasteiger partial charge in [0.2, 0.25) is 5.88 Å². The molecule has 7 heteroatoms. The molecule has 0 atom stereocenters. The van der Waals surface area contributed by atoms with E-state index < -0.39 is 5.97 Å². The van der Waals surface area contributed by atoms with Crippen LogP contribution < -0.4 is 4.90 Å². The van der Waals surface area contributed by atoms with Gasteiger partial charge < -0.3 is 15.1 Å². The van der Waals surface area contributed by atoms with Crippen molar-refractivity contribution in [2.75, 3.05) is 11.9 Å². The molecule has 0 radical (unpaired) electrons. The minimum Gasteiger partial charge on any atom is -0.492 e. The van der Waals surface area contributed by atoms with Crippen LogP contribution in [0.5, 0.6) is 5.88 Å². The number of aromatic carboxylic acids is 1. The molecule has 0 aliphatic carbocycles. The number of allylic oxidation sites excluding steroid dienone is 1. The van der Waals surface area contributed by atoms with Crippen molar-refractivity contribution in [2.45, 2.75) is 0 Å². The predicted octanol–water partition coefficient (Wildman–Crippen LogP) is 4.57. The average Bonchev–Trinajstić information content (AvgIpc) is 3.25. The van der Waals surface area contributed by atoms with Crippen LogP contribution in [0.15, 0.2) is 53.5 Å². The summed E-state index contributed by atoms with van der Waals surface area (Å²) >= 11 is 1.28. The monoisotopic (exact) mass is 377 g/mol. The van der Waals surface area contributed by atoms with Gasteiger partial charge in [0.15, 0.2) is 5.13 Å². The molecule has 0 saturated carbocycles. The van der Waals surface area contributed by atoms with Crippen LogP contribution in [0.4, 0.5) is 16.5 Å². The first-order valence-corrected chi connectivity index (χ1v) is 8.97. The van der Waals surface area contributed by atoms with Gasteiger partial charge in [-0.25, -0.2) is 4.79 Å². The minimum absolute atomic E-state index is 0.0973. The van der Waals surface area contributed by atoms with Crippen LogP contribution in [-0.4, -0.2) is 34.4 Å². The molecule has 27 heavy (non-hydrogen) atoms. The zero-order valence-corrected chi connectivity index (χ0v) is 15.1. The Labute approximate surface area is 159 Å². The van der Waals surface area contributed by atoms with Gasteiger partial charge in [0.1, 0.15) is 0 Å². The third-order valence-corrected chi connectivity index (χ3v) is 5.32. The lowest BCUT2D eigenvalue weighted by atomic mass is 10.1. The Morgan fingerprint density at radius 1 is 1.15 bits per heavy atom. The lowest BCUT2D eigenvalue weighted by molar-refractivity contribution is 0.0697. The first kappa shape index (κ1) is 17.0. The fraction of sp³-hybridized carbons (Fsp3) is 0.0500. The van der Waals surface area contributed by atoms with Gasteiger partial charge in [-0.05, 0) is 24.3 Å². The summed E-state index contributed by atoms with van der Waals surface area (Å²) in [5.41, 5.74) is 3.46. The van der Waals surface area contributed by atoms with Crippen LogP contribution in [0.25, 0.3) is 11.6 Å². The van der Waals surface area contributed by atoms with Crippen molar-refractivity contribution >= 4 is 51.7 Å². The normalized spacial score (nSPS) is 13.7. The molecule has 3 aromatic rings. The number of hydrogen-bond acceptors (Lipinski definition) is 6. The number of aromatic nitrogens is 1. The topological polar surface area (TPSA) is 86.0 Å². The summed E-state index contributed by atoms with van der Waals surface area (Å²) < 4.78 is 0. The summed E-state index contributed by atoms with van der Waals surface area (Å²) in [7, 11) is 1.73. The molecule has 2 heterocycles. The summed E-state index contributed by atoms with van der Waals surface area (Å²) in [5.74, 6) is -1.11. The van der Waals surface area contributed by atoms with Gasteiger partial charge in [-0.3, -0.25) is 4.99 Å². The summed E-state index contributed by atoms with van der Waals surface area (Å²) in [5, 5.41) is 20.2. The number of fused-ring (bicyclic) bond motifs is 1. The second kappa shape index (κ2) is 6.69. The number of hydrogen-bond donors (Lipinski definition) is 2. The maximum atomic E-state index is 11.5. The smallest absolute Gasteiger partial charge is 0.337 e. The highest BCUT2D eigenvalue weighted by Gasteiger charge is 2.19. The van der Waals surface area contributed by atoms with Gasteiger partial charge in [-0.1, -0.05) is 41.7 Å². The zero-order valence-electron chi connectivity index (χ0n) is 14.3. The number of rotatable bonds is 4. The van der Waals surface area contributed by atoms with Crippen LogP contribution >= 0.6 is 11.3 Å². The molecule has 2 N–H and O–H groups in total. The Bertz CT molecular complexity index is 1100. The van der Waals surface area contributed by atoms with Gasteiger partial charge in [-0.2, -0.15) is 4.98 Å². The maximum Gasteiger partial charge on any atom is 0.337 e. The van der Waals surface area contributed by atoms with E-state index in [4.69, 9.17) is 0 Å². The number of aromatic hydroxyl groups is 1. The SMILES string of the molecule is CN(c1nc(O)c(/C=C2\C=Nc3ccccc32)s1)c1ccccc1C(=O)O. The van der Waals surface area contributed by atoms with Crippen molar-refractivity contribution in [3.8, 4) is 5.88 Å². The molecule has 0 unspecified atom stereocenters. The van der Waals surface area contributed by atoms with E-state index in [1.165, 1.54) is 17.4 Å². The van der Waals surface area contributed by atoms with Gasteiger partial charge >= 0.3 is 5.97 Å². The molecule has 1 aliphatic heterocycles. The minimum atomic E-state index is -1.01. The Balaban J connectivity index is 1.70. The molecule has 2 aromatic carbocycles. The standard InChI is InChI=1S/C20H15N3O3S/c1-23(16-9-5-3-7-14(16)19(25)26)20-22-18(24)17(27-20)10-12-11-21-15-8-4-2-6-13(12)15/h2-11,24H,1H3,(H,25,26)/b12-10+. The largest absolute Gasteiger partial charge is 0.492 e. The summed E-state index contributed by atoms with van der Waals surface area (Å²) in [6, 6.07) is 14.5. The van der Waals surface area contributed by atoms with Crippen molar-refractivity contribution in [3.05, 3.63) is 64.5 Å². The first-order chi connectivity index (χ1) is 13.0. The number of anilines is 2. The maximum absolute atomic E-state index is 11.5. The third kappa shape index (κ3) is 3.09. The lowest BCUT2D eigenvalue weighted by Gasteiger charge is -2.17. The summed E-state index contributed by atoms with van der Waals surface area (Å²) in [4.78, 5) is 22.3. The highest BCUT2D eigenvalue weighted by molar-refractivity contribution is 7.16. The number of aliphatic imine (C=N–C) groups is 1. The molecule has 0 bridgehead atoms. The third-order valence-electron chi connectivity index (χ3n) is 4.25. The molecule has 1 aromatic heterocycles. The molecule has 0 spiro atoms. The molecule has 0 fully saturated rings. The molecule has 4 rings (SSSR count). The van der Waals surface area contributed by atoms with Gasteiger partial charge in [0.05, 0.1) is 21.8 Å². The van der Waals surface area contributed by atoms with Crippen LogP contribution in [-0.2, 0) is 0 Å². The van der Waals surface area contributed by atoms with Crippen LogP contribution in [0, 0.1) is 0 Å². The fourth-order valence-corrected chi connectivity index (χ4v) is 3.78. The zero-order chi connectivity index (χ0) is 19.0. The van der Waals surface area contributed by atoms with E-state index in [1.54, 1.807) is 36.4 Å². The number of thiazole rings is 1. The number of nitrogens with zero attached hydrogens (tertiary/aromatic N) is 3. The molecule has 6 nitrogen and oxygen atoms in total. The quantitative estimate of drug-likeness (QED) is 0.695. The van der Waals surface area contributed by atoms with E-state index in [-0.39, 0.29) is 11.4 Å². The molecule has 0 saturated heterocycles. The number of carboxylic acids is 1. The van der Waals surface area contributed by atoms with Crippen molar-refractivity contribution in [1.29, 1.82) is 0 Å². The van der Waals surface area contributed by atoms with Gasteiger partial charge in [0, 0.05) is 24.4 Å². The van der Waals surface area contributed by atoms with Crippen molar-refractivity contribution in [3.63, 3.8) is 0 Å². The van der Waals surface area contributed by atoms with E-state index >= 15 is 0 Å². The second-order valence-electron chi connectivity index (χ2n) is 5.94. The van der Waals surface area contributed by atoms with Gasteiger partial charge in [-0.15, -0.1) is 0 Å². The van der Waals surface area contributed by atoms with Crippen LogP contribution in [0.1, 0.15) is 20.8 Å². The molecular formula is C20H15N3O3S. The summed E-state index contributed by atoms with van der Waals surface area (Å²) in [6.45, 7) is 0. The van der Waals surface area contributed by atoms with E-state index in [0.29, 0.717) is 15.7 Å². The Kier molecular flexibility index (Phi) is 4.21. The van der Waals surface area contributed by atoms with Gasteiger partial charge in [0.25, 0.3) is 0 Å². The second-order valence-corrected chi connectivity index (χ2v) is 6.95. The molecule has 134 valence electrons. The fourth-order valence-electron chi connectivity index (χ4n) is 2.90. The van der Waals surface area contributed by atoms with Crippen LogP contribution in [0.3, 0.4) is 0 Å². The lowest BCUT2D eigenvalue weighted by Crippen LogP contribution is -2.13. The van der Waals surface area contributed by atoms with Crippen LogP contribution in [0.2, 0.25) is 0 Å². The van der Waals surface area contributed by atoms with E-state index in [1.807, 2.05) is 30.3 Å². The molecule has 1 aliphatic rings. The Morgan fingerprint density at radius 2 is 1.89 bits per heavy atom. The summed E-state index contributed by atoms with van der Waals surface area (Å²) in [6.07, 6.45) is 3.59. The average molecular weight is 377 g/mol. The van der Waals surface area contributed by atoms with E-state index in [2.05, 4.69) is 9.98 Å². The van der Waals surface area contributed by atoms with Crippen molar-refractivity contribution < 1.29 is 15.0 Å². The van der Waals surface area contributed by atoms with Crippen molar-refractivity contribution in [2.24, 2.45) is 4.99 Å². The van der Waals surface area contributed by atoms with Crippen molar-refractivity contribution in [1.82, 2.24) is 4.98 Å². The number of para-hydroxylation sites is 2. The van der Waals surface area contributed by atoms with E-state index in [0.717, 1.165) is 16.8 Å². The number of benzene rings is 2. The highest BCUT2D eigenvalue weighted by Crippen LogP contribution is 2.39. The number of carbonyl (C=O) groups is 1. The molecule has 0 amide bonds. The molecular weight excluding hydrogens is 362 g/mol. The highest BCUT2D eigenvalue weighted by atomic mass is 32.1. The van der Waals surface area contributed by atoms with E-state index in [9.17, 15) is 15.0 Å². The number of carboxylic acid groups (broad SMARTS) is 1. The Morgan fingerprint density at radius 3 is 2.70 bits per heavy atom. The predicted molar refractivity (Wildman–Crippen MR) is 108 cm³/mol. The Hall–Kier alpha value is -3.45. The first-order valence-electron chi connectivity index (χ1n) is 8.15.